The highest BCUT2D eigenvalue weighted by Gasteiger charge is 2.18. The first kappa shape index (κ1) is 14.0. The van der Waals surface area contributed by atoms with E-state index in [4.69, 9.17) is 20.5 Å². The number of ether oxygens (including phenoxy) is 1. The molecule has 1 amide bonds. The van der Waals surface area contributed by atoms with E-state index < -0.39 is 12.9 Å². The van der Waals surface area contributed by atoms with Crippen LogP contribution in [0.25, 0.3) is 11.4 Å². The Morgan fingerprint density at radius 3 is 2.88 bits per heavy atom. The summed E-state index contributed by atoms with van der Waals surface area (Å²) in [5.41, 5.74) is 1.26. The number of halogens is 1. The summed E-state index contributed by atoms with van der Waals surface area (Å²) in [7, 11) is 2.92. The van der Waals surface area contributed by atoms with Crippen molar-refractivity contribution in [2.45, 2.75) is 0 Å². The molecule has 0 saturated heterocycles. The molecular weight excluding hydrogens is 358 g/mol. The van der Waals surface area contributed by atoms with Crippen LogP contribution in [0.4, 0.5) is 11.4 Å². The smallest absolute Gasteiger partial charge is 0.273 e. The minimum absolute atomic E-state index is 0.0363. The molecule has 26 heavy (non-hydrogen) atoms. The number of methoxy groups -OCH3 is 1. The van der Waals surface area contributed by atoms with Gasteiger partial charge in [0.25, 0.3) is 5.91 Å². The molecule has 3 rings (SSSR count). The fourth-order valence-electron chi connectivity index (χ4n) is 2.31. The minimum atomic E-state index is -2.45. The Labute approximate surface area is 158 Å². The topological polar surface area (TPSA) is 107 Å². The van der Waals surface area contributed by atoms with Crippen molar-refractivity contribution >= 4 is 28.9 Å². The van der Waals surface area contributed by atoms with Gasteiger partial charge in [-0.1, -0.05) is 17.7 Å². The van der Waals surface area contributed by atoms with E-state index in [9.17, 15) is 4.79 Å². The van der Waals surface area contributed by atoms with Crippen LogP contribution in [0, 0.1) is 0 Å². The van der Waals surface area contributed by atoms with E-state index in [1.807, 2.05) is 0 Å². The van der Waals surface area contributed by atoms with Crippen molar-refractivity contribution < 1.29 is 13.6 Å². The summed E-state index contributed by atoms with van der Waals surface area (Å²) in [6.45, 7) is -2.45. The average Bonchev–Trinajstić information content (AvgIpc) is 3.18. The molecule has 2 N–H and O–H groups in total. The molecule has 2 aromatic heterocycles. The highest BCUT2D eigenvalue weighted by atomic mass is 35.5. The number of para-hydroxylation sites is 1. The van der Waals surface area contributed by atoms with Gasteiger partial charge < -0.3 is 15.4 Å². The predicted octanol–water partition coefficient (Wildman–Crippen LogP) is 2.04. The van der Waals surface area contributed by atoms with Gasteiger partial charge in [-0.25, -0.2) is 4.98 Å². The molecule has 0 radical (unpaired) electrons. The molecule has 0 unspecified atom stereocenters. The molecule has 0 fully saturated rings. The predicted molar refractivity (Wildman–Crippen MR) is 96.7 cm³/mol. The highest BCUT2D eigenvalue weighted by Crippen LogP contribution is 2.36. The summed E-state index contributed by atoms with van der Waals surface area (Å²) < 4.78 is 28.6. The third-order valence-electron chi connectivity index (χ3n) is 3.43. The van der Waals surface area contributed by atoms with Crippen molar-refractivity contribution in [2.24, 2.45) is 6.98 Å². The van der Waals surface area contributed by atoms with Gasteiger partial charge in [0.05, 0.1) is 24.0 Å². The van der Waals surface area contributed by atoms with Crippen LogP contribution in [0.2, 0.25) is 5.15 Å². The maximum Gasteiger partial charge on any atom is 0.273 e. The van der Waals surface area contributed by atoms with Crippen LogP contribution >= 0.6 is 11.6 Å². The molecule has 0 aliphatic heterocycles. The van der Waals surface area contributed by atoms with Gasteiger partial charge in [-0.3, -0.25) is 9.48 Å². The SMILES string of the molecule is [2H]C([2H])([2H])n1cnc(-c2cccc(Nc3cc(Cl)nnc3C(=O)NC)c2OC)n1. The molecule has 0 atom stereocenters. The number of rotatable bonds is 5. The van der Waals surface area contributed by atoms with Gasteiger partial charge in [-0.15, -0.1) is 10.2 Å². The Balaban J connectivity index is 2.05. The van der Waals surface area contributed by atoms with Crippen molar-refractivity contribution in [1.82, 2.24) is 30.3 Å². The summed E-state index contributed by atoms with van der Waals surface area (Å²) in [5.74, 6) is 0.0514. The number of aromatic nitrogens is 5. The van der Waals surface area contributed by atoms with Crippen molar-refractivity contribution in [3.05, 3.63) is 41.4 Å². The number of carbonyl (C=O) groups is 1. The standard InChI is InChI=1S/C16H16ClN7O2/c1-18-16(25)13-11(7-12(17)21-22-13)20-10-6-4-5-9(14(10)26-3)15-19-8-24(2)23-15/h4-8H,1-3H3,(H,18,25)(H,20,21)/i2D3. The zero-order chi connectivity index (χ0) is 21.2. The van der Waals surface area contributed by atoms with Crippen molar-refractivity contribution in [3.63, 3.8) is 0 Å². The minimum Gasteiger partial charge on any atom is -0.494 e. The molecule has 1 aromatic carbocycles. The number of benzene rings is 1. The van der Waals surface area contributed by atoms with Crippen LogP contribution < -0.4 is 15.4 Å². The zero-order valence-corrected chi connectivity index (χ0v) is 14.6. The first-order valence-corrected chi connectivity index (χ1v) is 7.74. The van der Waals surface area contributed by atoms with E-state index in [0.29, 0.717) is 22.7 Å². The molecule has 0 saturated carbocycles. The monoisotopic (exact) mass is 376 g/mol. The average molecular weight is 377 g/mol. The normalized spacial score (nSPS) is 12.7. The van der Waals surface area contributed by atoms with Gasteiger partial charge >= 0.3 is 0 Å². The lowest BCUT2D eigenvalue weighted by Crippen LogP contribution is -2.21. The lowest BCUT2D eigenvalue weighted by Gasteiger charge is -2.15. The molecule has 0 aliphatic rings. The van der Waals surface area contributed by atoms with Crippen LogP contribution in [-0.4, -0.2) is 45.0 Å². The Kier molecular flexibility index (Phi) is 3.97. The number of carbonyl (C=O) groups excluding carboxylic acids is 1. The number of nitrogens with zero attached hydrogens (tertiary/aromatic N) is 5. The Bertz CT molecular complexity index is 1060. The zero-order valence-electron chi connectivity index (χ0n) is 16.8. The third kappa shape index (κ3) is 3.42. The van der Waals surface area contributed by atoms with Crippen LogP contribution in [0.15, 0.2) is 30.6 Å². The quantitative estimate of drug-likeness (QED) is 0.701. The summed E-state index contributed by atoms with van der Waals surface area (Å²) >= 11 is 5.92. The molecule has 134 valence electrons. The fraction of sp³-hybridized carbons (Fsp3) is 0.188. The maximum atomic E-state index is 12.1. The lowest BCUT2D eigenvalue weighted by molar-refractivity contribution is 0.0958. The van der Waals surface area contributed by atoms with E-state index in [1.54, 1.807) is 18.2 Å². The van der Waals surface area contributed by atoms with E-state index >= 15 is 0 Å². The molecule has 0 spiro atoms. The van der Waals surface area contributed by atoms with Crippen LogP contribution in [0.5, 0.6) is 5.75 Å². The van der Waals surface area contributed by atoms with Crippen LogP contribution in [0.1, 0.15) is 14.6 Å². The van der Waals surface area contributed by atoms with Gasteiger partial charge in [0, 0.05) is 24.2 Å². The summed E-state index contributed by atoms with van der Waals surface area (Å²) in [6, 6.07) is 6.53. The second kappa shape index (κ2) is 7.36. The molecule has 2 heterocycles. The van der Waals surface area contributed by atoms with E-state index in [2.05, 4.69) is 30.9 Å². The van der Waals surface area contributed by atoms with Crippen molar-refractivity contribution in [1.29, 1.82) is 0 Å². The van der Waals surface area contributed by atoms with Crippen molar-refractivity contribution in [3.8, 4) is 17.1 Å². The van der Waals surface area contributed by atoms with E-state index in [0.717, 1.165) is 11.0 Å². The lowest BCUT2D eigenvalue weighted by atomic mass is 10.1. The summed E-state index contributed by atoms with van der Waals surface area (Å²) in [4.78, 5) is 16.1. The molecule has 0 bridgehead atoms. The first-order chi connectivity index (χ1) is 13.7. The molecule has 10 heteroatoms. The van der Waals surface area contributed by atoms with Gasteiger partial charge in [0.2, 0.25) is 0 Å². The van der Waals surface area contributed by atoms with Gasteiger partial charge in [0.1, 0.15) is 6.33 Å². The number of hydrogen-bond acceptors (Lipinski definition) is 7. The van der Waals surface area contributed by atoms with Gasteiger partial charge in [-0.2, -0.15) is 5.10 Å². The van der Waals surface area contributed by atoms with Crippen molar-refractivity contribution in [2.75, 3.05) is 19.5 Å². The number of aryl methyl sites for hydroxylation is 1. The fourth-order valence-corrected chi connectivity index (χ4v) is 2.46. The second-order valence-corrected chi connectivity index (χ2v) is 5.42. The van der Waals surface area contributed by atoms with Crippen LogP contribution in [0.3, 0.4) is 0 Å². The highest BCUT2D eigenvalue weighted by molar-refractivity contribution is 6.29. The Morgan fingerprint density at radius 2 is 2.19 bits per heavy atom. The molecule has 9 nitrogen and oxygen atoms in total. The largest absolute Gasteiger partial charge is 0.494 e. The van der Waals surface area contributed by atoms with Gasteiger partial charge in [-0.05, 0) is 12.1 Å². The third-order valence-corrected chi connectivity index (χ3v) is 3.61. The van der Waals surface area contributed by atoms with Crippen LogP contribution in [-0.2, 0) is 6.98 Å². The first-order valence-electron chi connectivity index (χ1n) is 8.86. The van der Waals surface area contributed by atoms with E-state index in [-0.39, 0.29) is 16.7 Å². The van der Waals surface area contributed by atoms with E-state index in [1.165, 1.54) is 20.2 Å². The molecular formula is C16H16ClN7O2. The Hall–Kier alpha value is -3.20. The molecule has 0 aliphatic carbocycles. The summed E-state index contributed by atoms with van der Waals surface area (Å²) in [5, 5.41) is 17.1. The number of anilines is 2. The summed E-state index contributed by atoms with van der Waals surface area (Å²) in [6.07, 6.45) is 1.12. The number of hydrogen-bond donors (Lipinski definition) is 2. The number of nitrogens with one attached hydrogen (secondary N) is 2. The van der Waals surface area contributed by atoms with Gasteiger partial charge in [0.15, 0.2) is 22.4 Å². The second-order valence-electron chi connectivity index (χ2n) is 5.03. The number of amides is 1. The maximum absolute atomic E-state index is 12.1. The Morgan fingerprint density at radius 1 is 1.35 bits per heavy atom. The molecule has 3 aromatic rings.